The number of ether oxygens (including phenoxy) is 1. The van der Waals surface area contributed by atoms with E-state index < -0.39 is 0 Å². The summed E-state index contributed by atoms with van der Waals surface area (Å²) in [6.07, 6.45) is 3.65. The molecule has 1 atom stereocenters. The van der Waals surface area contributed by atoms with Crippen molar-refractivity contribution in [2.24, 2.45) is 4.99 Å². The summed E-state index contributed by atoms with van der Waals surface area (Å²) in [4.78, 5) is 8.86. The van der Waals surface area contributed by atoms with Crippen LogP contribution in [-0.2, 0) is 0 Å². The normalized spacial score (nSPS) is 17.2. The smallest absolute Gasteiger partial charge is 0.156 e. The average molecular weight is 313 g/mol. The second kappa shape index (κ2) is 7.31. The second-order valence-corrected chi connectivity index (χ2v) is 6.08. The number of hydrogen-bond donors (Lipinski definition) is 1. The summed E-state index contributed by atoms with van der Waals surface area (Å²) in [5.41, 5.74) is 2.36. The quantitative estimate of drug-likeness (QED) is 0.922. The van der Waals surface area contributed by atoms with Gasteiger partial charge in [0.1, 0.15) is 5.75 Å². The molecule has 114 valence electrons. The Bertz CT molecular complexity index is 637. The molecule has 0 amide bonds. The summed E-state index contributed by atoms with van der Waals surface area (Å²) < 4.78 is 5.53. The fraction of sp³-hybridized carbons (Fsp3) is 0.294. The Morgan fingerprint density at radius 1 is 1.27 bits per heavy atom. The van der Waals surface area contributed by atoms with E-state index in [0.717, 1.165) is 28.8 Å². The topological polar surface area (TPSA) is 46.5 Å². The maximum Gasteiger partial charge on any atom is 0.156 e. The van der Waals surface area contributed by atoms with Crippen molar-refractivity contribution in [2.75, 3.05) is 26.0 Å². The first kappa shape index (κ1) is 14.9. The van der Waals surface area contributed by atoms with Crippen molar-refractivity contribution >= 4 is 16.9 Å². The van der Waals surface area contributed by atoms with E-state index in [9.17, 15) is 0 Å². The van der Waals surface area contributed by atoms with E-state index in [-0.39, 0.29) is 5.92 Å². The molecule has 1 aromatic heterocycles. The fourth-order valence-corrected chi connectivity index (χ4v) is 3.33. The van der Waals surface area contributed by atoms with Crippen molar-refractivity contribution in [3.05, 3.63) is 59.9 Å². The van der Waals surface area contributed by atoms with Crippen molar-refractivity contribution in [1.29, 1.82) is 0 Å². The van der Waals surface area contributed by atoms with Crippen LogP contribution in [0.4, 0.5) is 0 Å². The standard InChI is InChI=1S/C17H19N3OS/c1-21-16-5-3-2-4-14(16)15(13-6-8-18-9-7-13)12-20-17-19-10-11-22-17/h2-9,15H,10-12H2,1H3,(H,19,20). The van der Waals surface area contributed by atoms with Gasteiger partial charge in [-0.1, -0.05) is 30.0 Å². The Morgan fingerprint density at radius 3 is 2.82 bits per heavy atom. The largest absolute Gasteiger partial charge is 0.496 e. The Balaban J connectivity index is 1.93. The third-order valence-corrected chi connectivity index (χ3v) is 4.61. The van der Waals surface area contributed by atoms with Gasteiger partial charge in [-0.25, -0.2) is 0 Å². The Kier molecular flexibility index (Phi) is 4.96. The van der Waals surface area contributed by atoms with Gasteiger partial charge in [0, 0.05) is 36.2 Å². The lowest BCUT2D eigenvalue weighted by Gasteiger charge is -2.19. The maximum absolute atomic E-state index is 5.53. The minimum Gasteiger partial charge on any atom is -0.496 e. The molecule has 0 bridgehead atoms. The van der Waals surface area contributed by atoms with Gasteiger partial charge in [0.05, 0.1) is 13.7 Å². The van der Waals surface area contributed by atoms with Crippen molar-refractivity contribution in [3.63, 3.8) is 0 Å². The third kappa shape index (κ3) is 3.42. The average Bonchev–Trinajstić information content (AvgIpc) is 3.10. The van der Waals surface area contributed by atoms with Gasteiger partial charge >= 0.3 is 0 Å². The van der Waals surface area contributed by atoms with Gasteiger partial charge in [-0.15, -0.1) is 0 Å². The Morgan fingerprint density at radius 2 is 2.09 bits per heavy atom. The molecule has 2 heterocycles. The molecule has 2 aromatic rings. The number of methoxy groups -OCH3 is 1. The van der Waals surface area contributed by atoms with Gasteiger partial charge in [-0.2, -0.15) is 0 Å². The van der Waals surface area contributed by atoms with E-state index in [1.807, 2.05) is 42.7 Å². The SMILES string of the molecule is COc1ccccc1C(CN=C1NCCS1)c1ccncc1. The highest BCUT2D eigenvalue weighted by atomic mass is 32.2. The monoisotopic (exact) mass is 313 g/mol. The molecule has 3 rings (SSSR count). The predicted octanol–water partition coefficient (Wildman–Crippen LogP) is 2.91. The number of benzene rings is 1. The summed E-state index contributed by atoms with van der Waals surface area (Å²) >= 11 is 1.78. The van der Waals surface area contributed by atoms with E-state index in [2.05, 4.69) is 16.4 Å². The number of aromatic nitrogens is 1. The van der Waals surface area contributed by atoms with Crippen molar-refractivity contribution in [3.8, 4) is 5.75 Å². The first-order valence-electron chi connectivity index (χ1n) is 7.32. The number of rotatable bonds is 5. The lowest BCUT2D eigenvalue weighted by Crippen LogP contribution is -2.15. The predicted molar refractivity (Wildman–Crippen MR) is 91.8 cm³/mol. The molecular formula is C17H19N3OS. The molecule has 1 aliphatic rings. The van der Waals surface area contributed by atoms with Crippen LogP contribution in [0.1, 0.15) is 17.0 Å². The molecule has 0 radical (unpaired) electrons. The molecule has 1 saturated heterocycles. The highest BCUT2D eigenvalue weighted by Crippen LogP contribution is 2.32. The number of hydrogen-bond acceptors (Lipinski definition) is 4. The van der Waals surface area contributed by atoms with Gasteiger partial charge in [0.2, 0.25) is 0 Å². The number of nitrogens with one attached hydrogen (secondary N) is 1. The minimum atomic E-state index is 0.162. The number of pyridine rings is 1. The second-order valence-electron chi connectivity index (χ2n) is 5.00. The minimum absolute atomic E-state index is 0.162. The van der Waals surface area contributed by atoms with Crippen molar-refractivity contribution in [2.45, 2.75) is 5.92 Å². The zero-order valence-corrected chi connectivity index (χ0v) is 13.3. The van der Waals surface area contributed by atoms with Crippen LogP contribution in [0.15, 0.2) is 53.8 Å². The van der Waals surface area contributed by atoms with Crippen molar-refractivity contribution < 1.29 is 4.74 Å². The van der Waals surface area contributed by atoms with E-state index >= 15 is 0 Å². The summed E-state index contributed by atoms with van der Waals surface area (Å²) in [7, 11) is 1.71. The zero-order valence-electron chi connectivity index (χ0n) is 12.5. The van der Waals surface area contributed by atoms with Gasteiger partial charge in [0.25, 0.3) is 0 Å². The van der Waals surface area contributed by atoms with Crippen LogP contribution in [0.5, 0.6) is 5.75 Å². The fourth-order valence-electron chi connectivity index (χ4n) is 2.57. The van der Waals surface area contributed by atoms with Crippen LogP contribution in [0.3, 0.4) is 0 Å². The number of amidine groups is 1. The van der Waals surface area contributed by atoms with Crippen LogP contribution < -0.4 is 10.1 Å². The van der Waals surface area contributed by atoms with Gasteiger partial charge in [0.15, 0.2) is 5.17 Å². The number of thioether (sulfide) groups is 1. The lowest BCUT2D eigenvalue weighted by atomic mass is 9.91. The number of para-hydroxylation sites is 1. The van der Waals surface area contributed by atoms with Crippen LogP contribution in [-0.4, -0.2) is 36.1 Å². The molecule has 0 saturated carbocycles. The van der Waals surface area contributed by atoms with Crippen LogP contribution in [0.2, 0.25) is 0 Å². The number of aliphatic imine (C=N–C) groups is 1. The van der Waals surface area contributed by atoms with Gasteiger partial charge in [-0.3, -0.25) is 9.98 Å². The van der Waals surface area contributed by atoms with E-state index in [0.29, 0.717) is 6.54 Å². The summed E-state index contributed by atoms with van der Waals surface area (Å²) in [5, 5.41) is 4.35. The van der Waals surface area contributed by atoms with E-state index in [4.69, 9.17) is 9.73 Å². The summed E-state index contributed by atoms with van der Waals surface area (Å²) in [6.45, 7) is 1.69. The zero-order chi connectivity index (χ0) is 15.2. The molecule has 4 nitrogen and oxygen atoms in total. The maximum atomic E-state index is 5.53. The molecule has 1 unspecified atom stereocenters. The van der Waals surface area contributed by atoms with E-state index in [1.165, 1.54) is 5.56 Å². The molecule has 1 aromatic carbocycles. The van der Waals surface area contributed by atoms with E-state index in [1.54, 1.807) is 18.9 Å². The molecule has 5 heteroatoms. The third-order valence-electron chi connectivity index (χ3n) is 3.66. The highest BCUT2D eigenvalue weighted by molar-refractivity contribution is 8.14. The first-order chi connectivity index (χ1) is 10.9. The Hall–Kier alpha value is -2.01. The van der Waals surface area contributed by atoms with Gasteiger partial charge in [-0.05, 0) is 23.8 Å². The number of nitrogens with zero attached hydrogens (tertiary/aromatic N) is 2. The lowest BCUT2D eigenvalue weighted by molar-refractivity contribution is 0.407. The van der Waals surface area contributed by atoms with Crippen molar-refractivity contribution in [1.82, 2.24) is 10.3 Å². The molecule has 1 fully saturated rings. The molecular weight excluding hydrogens is 294 g/mol. The van der Waals surface area contributed by atoms with Crippen LogP contribution in [0.25, 0.3) is 0 Å². The first-order valence-corrected chi connectivity index (χ1v) is 8.31. The molecule has 0 aliphatic carbocycles. The molecule has 22 heavy (non-hydrogen) atoms. The highest BCUT2D eigenvalue weighted by Gasteiger charge is 2.18. The Labute approximate surface area is 135 Å². The molecule has 1 N–H and O–H groups in total. The molecule has 1 aliphatic heterocycles. The summed E-state index contributed by atoms with van der Waals surface area (Å²) in [6, 6.07) is 12.2. The van der Waals surface area contributed by atoms with Crippen LogP contribution >= 0.6 is 11.8 Å². The molecule has 0 spiro atoms. The van der Waals surface area contributed by atoms with Crippen LogP contribution in [0, 0.1) is 0 Å². The summed E-state index contributed by atoms with van der Waals surface area (Å²) in [5.74, 6) is 2.15. The van der Waals surface area contributed by atoms with Gasteiger partial charge < -0.3 is 10.1 Å².